The molecule has 19 heavy (non-hydrogen) atoms. The number of hydrogen-bond donors (Lipinski definition) is 2. The first kappa shape index (κ1) is 14.4. The molecule has 0 aromatic carbocycles. The number of anilines is 2. The van der Waals surface area contributed by atoms with Gasteiger partial charge in [0.05, 0.1) is 6.10 Å². The van der Waals surface area contributed by atoms with Gasteiger partial charge in [0, 0.05) is 6.04 Å². The van der Waals surface area contributed by atoms with E-state index in [-0.39, 0.29) is 6.10 Å². The van der Waals surface area contributed by atoms with E-state index in [1.807, 2.05) is 13.8 Å². The van der Waals surface area contributed by atoms with E-state index >= 15 is 0 Å². The summed E-state index contributed by atoms with van der Waals surface area (Å²) in [5.41, 5.74) is 5.88. The lowest BCUT2D eigenvalue weighted by molar-refractivity contribution is 0.244. The number of ether oxygens (including phenoxy) is 1. The summed E-state index contributed by atoms with van der Waals surface area (Å²) in [6.45, 7) is 8.67. The van der Waals surface area contributed by atoms with E-state index in [1.165, 1.54) is 30.8 Å². The minimum atomic E-state index is 0.114. The van der Waals surface area contributed by atoms with Crippen molar-refractivity contribution in [2.24, 2.45) is 11.8 Å². The first-order valence-electron chi connectivity index (χ1n) is 7.14. The third-order valence-corrected chi connectivity index (χ3v) is 4.32. The zero-order valence-corrected chi connectivity index (χ0v) is 13.1. The Balaban J connectivity index is 2.06. The van der Waals surface area contributed by atoms with Crippen LogP contribution in [0.2, 0.25) is 0 Å². The van der Waals surface area contributed by atoms with E-state index < -0.39 is 0 Å². The molecule has 1 aliphatic carbocycles. The molecule has 1 aliphatic rings. The summed E-state index contributed by atoms with van der Waals surface area (Å²) in [5.74, 6) is 2.78. The Morgan fingerprint density at radius 2 is 1.89 bits per heavy atom. The second-order valence-corrected chi connectivity index (χ2v) is 6.92. The van der Waals surface area contributed by atoms with Crippen LogP contribution in [-0.4, -0.2) is 16.5 Å². The maximum Gasteiger partial charge on any atom is 0.197 e. The molecule has 3 N–H and O–H groups in total. The molecule has 108 valence electrons. The van der Waals surface area contributed by atoms with Gasteiger partial charge in [0.1, 0.15) is 0 Å². The van der Waals surface area contributed by atoms with E-state index in [2.05, 4.69) is 23.5 Å². The topological polar surface area (TPSA) is 60.2 Å². The van der Waals surface area contributed by atoms with Crippen LogP contribution in [0.3, 0.4) is 0 Å². The van der Waals surface area contributed by atoms with Gasteiger partial charge < -0.3 is 15.8 Å². The molecule has 0 saturated heterocycles. The van der Waals surface area contributed by atoms with Gasteiger partial charge in [-0.05, 0) is 56.5 Å². The van der Waals surface area contributed by atoms with Crippen LogP contribution in [0, 0.1) is 11.8 Å². The maximum absolute atomic E-state index is 5.88. The summed E-state index contributed by atoms with van der Waals surface area (Å²) in [6.07, 6.45) is 3.87. The lowest BCUT2D eigenvalue weighted by Crippen LogP contribution is -2.30. The summed E-state index contributed by atoms with van der Waals surface area (Å²) < 4.78 is 9.98. The van der Waals surface area contributed by atoms with Gasteiger partial charge in [0.2, 0.25) is 0 Å². The number of nitrogens with zero attached hydrogens (tertiary/aromatic N) is 1. The Bertz CT molecular complexity index is 409. The van der Waals surface area contributed by atoms with E-state index in [4.69, 9.17) is 10.5 Å². The molecule has 1 saturated carbocycles. The lowest BCUT2D eigenvalue weighted by atomic mass is 9.80. The molecule has 0 amide bonds. The van der Waals surface area contributed by atoms with Crippen molar-refractivity contribution in [3.8, 4) is 5.75 Å². The molecule has 4 nitrogen and oxygen atoms in total. The van der Waals surface area contributed by atoms with Crippen molar-refractivity contribution >= 4 is 22.4 Å². The molecule has 2 rings (SSSR count). The van der Waals surface area contributed by atoms with Crippen molar-refractivity contribution in [2.45, 2.75) is 59.1 Å². The fourth-order valence-electron chi connectivity index (χ4n) is 2.99. The molecule has 2 atom stereocenters. The standard InChI is InChI=1S/C14H25N3OS/c1-8(2)18-12-13(15)17-19-14(12)16-11-6-9(3)5-10(4)7-11/h8-11,16H,5-7H2,1-4H3,(H2,15,17). The zero-order chi connectivity index (χ0) is 14.0. The van der Waals surface area contributed by atoms with Crippen LogP contribution in [-0.2, 0) is 0 Å². The van der Waals surface area contributed by atoms with Crippen molar-refractivity contribution in [1.29, 1.82) is 0 Å². The summed E-state index contributed by atoms with van der Waals surface area (Å²) in [4.78, 5) is 0. The average Bonchev–Trinajstić information content (AvgIpc) is 2.59. The SMILES string of the molecule is CC1CC(C)CC(Nc2snc(N)c2OC(C)C)C1. The minimum absolute atomic E-state index is 0.114. The van der Waals surface area contributed by atoms with E-state index in [1.54, 1.807) is 0 Å². The number of aromatic nitrogens is 1. The molecular weight excluding hydrogens is 258 g/mol. The molecule has 0 aliphatic heterocycles. The molecule has 1 heterocycles. The molecule has 2 unspecified atom stereocenters. The highest BCUT2D eigenvalue weighted by Gasteiger charge is 2.26. The molecule has 0 bridgehead atoms. The minimum Gasteiger partial charge on any atom is -0.484 e. The van der Waals surface area contributed by atoms with Gasteiger partial charge in [0.25, 0.3) is 0 Å². The predicted molar refractivity (Wildman–Crippen MR) is 81.9 cm³/mol. The van der Waals surface area contributed by atoms with Crippen LogP contribution in [0.1, 0.15) is 47.0 Å². The lowest BCUT2D eigenvalue weighted by Gasteiger charge is -2.32. The van der Waals surface area contributed by atoms with Crippen molar-refractivity contribution in [3.63, 3.8) is 0 Å². The summed E-state index contributed by atoms with van der Waals surface area (Å²) >= 11 is 1.40. The first-order chi connectivity index (χ1) is 8.95. The smallest absolute Gasteiger partial charge is 0.197 e. The van der Waals surface area contributed by atoms with Gasteiger partial charge in [0.15, 0.2) is 16.6 Å². The van der Waals surface area contributed by atoms with Crippen LogP contribution >= 0.6 is 11.5 Å². The Morgan fingerprint density at radius 3 is 2.47 bits per heavy atom. The molecule has 1 fully saturated rings. The molecule has 0 spiro atoms. The van der Waals surface area contributed by atoms with Crippen LogP contribution in [0.25, 0.3) is 0 Å². The average molecular weight is 283 g/mol. The Kier molecular flexibility index (Phi) is 4.55. The predicted octanol–water partition coefficient (Wildman–Crippen LogP) is 3.75. The summed E-state index contributed by atoms with van der Waals surface area (Å²) in [7, 11) is 0. The van der Waals surface area contributed by atoms with Crippen molar-refractivity contribution in [1.82, 2.24) is 4.37 Å². The monoisotopic (exact) mass is 283 g/mol. The largest absolute Gasteiger partial charge is 0.484 e. The Morgan fingerprint density at radius 1 is 1.26 bits per heavy atom. The van der Waals surface area contributed by atoms with Crippen molar-refractivity contribution in [2.75, 3.05) is 11.1 Å². The van der Waals surface area contributed by atoms with Gasteiger partial charge in [-0.15, -0.1) is 0 Å². The van der Waals surface area contributed by atoms with Crippen molar-refractivity contribution in [3.05, 3.63) is 0 Å². The van der Waals surface area contributed by atoms with Gasteiger partial charge in [-0.2, -0.15) is 4.37 Å². The summed E-state index contributed by atoms with van der Waals surface area (Å²) in [5, 5.41) is 4.57. The second kappa shape index (κ2) is 5.99. The van der Waals surface area contributed by atoms with Gasteiger partial charge in [-0.1, -0.05) is 13.8 Å². The number of nitrogens with one attached hydrogen (secondary N) is 1. The normalized spacial score (nSPS) is 27.5. The van der Waals surface area contributed by atoms with Gasteiger partial charge >= 0.3 is 0 Å². The van der Waals surface area contributed by atoms with Crippen LogP contribution in [0.4, 0.5) is 10.8 Å². The van der Waals surface area contributed by atoms with Gasteiger partial charge in [-0.3, -0.25) is 0 Å². The highest BCUT2D eigenvalue weighted by Crippen LogP contribution is 2.39. The van der Waals surface area contributed by atoms with E-state index in [0.717, 1.165) is 22.6 Å². The van der Waals surface area contributed by atoms with E-state index in [9.17, 15) is 0 Å². The number of hydrogen-bond acceptors (Lipinski definition) is 5. The fourth-order valence-corrected chi connectivity index (χ4v) is 3.71. The quantitative estimate of drug-likeness (QED) is 0.883. The summed E-state index contributed by atoms with van der Waals surface area (Å²) in [6, 6.07) is 0.508. The highest BCUT2D eigenvalue weighted by atomic mass is 32.1. The second-order valence-electron chi connectivity index (χ2n) is 6.15. The molecule has 0 radical (unpaired) electrons. The zero-order valence-electron chi connectivity index (χ0n) is 12.3. The number of nitrogen functional groups attached to an aromatic ring is 1. The van der Waals surface area contributed by atoms with Crippen LogP contribution in [0.15, 0.2) is 0 Å². The Labute approximate surface area is 119 Å². The highest BCUT2D eigenvalue weighted by molar-refractivity contribution is 7.11. The Hall–Kier alpha value is -0.970. The van der Waals surface area contributed by atoms with Crippen LogP contribution in [0.5, 0.6) is 5.75 Å². The number of nitrogens with two attached hydrogens (primary N) is 1. The van der Waals surface area contributed by atoms with Gasteiger partial charge in [-0.25, -0.2) is 0 Å². The number of rotatable bonds is 4. The fraction of sp³-hybridized carbons (Fsp3) is 0.786. The molecule has 1 aromatic heterocycles. The van der Waals surface area contributed by atoms with E-state index in [0.29, 0.717) is 11.9 Å². The van der Waals surface area contributed by atoms with Crippen molar-refractivity contribution < 1.29 is 4.74 Å². The first-order valence-corrected chi connectivity index (χ1v) is 7.91. The third-order valence-electron chi connectivity index (χ3n) is 3.54. The molecule has 1 aromatic rings. The molecular formula is C14H25N3OS. The van der Waals surface area contributed by atoms with Crippen LogP contribution < -0.4 is 15.8 Å². The maximum atomic E-state index is 5.88. The molecule has 5 heteroatoms. The third kappa shape index (κ3) is 3.75.